The number of morpholine rings is 1. The Kier molecular flexibility index (Phi) is 4.57. The standard InChI is InChI=1S/C21H17FN4O2S/c22-14-2-1-3-15(10-14)24-21-23-12-13-4-5-17-16(19(13)25-21)11-18(29-17)20(27)26-6-8-28-9-7-26/h1-5,10-12H,6-9H2,(H,23,24,25). The van der Waals surface area contributed by atoms with Gasteiger partial charge in [-0.25, -0.2) is 14.4 Å². The number of hydrogen-bond donors (Lipinski definition) is 1. The van der Waals surface area contributed by atoms with Crippen LogP contribution in [0.5, 0.6) is 0 Å². The van der Waals surface area contributed by atoms with E-state index in [1.807, 2.05) is 23.1 Å². The lowest BCUT2D eigenvalue weighted by Crippen LogP contribution is -2.40. The highest BCUT2D eigenvalue weighted by Crippen LogP contribution is 2.32. The van der Waals surface area contributed by atoms with Crippen molar-refractivity contribution < 1.29 is 13.9 Å². The lowest BCUT2D eigenvalue weighted by atomic mass is 10.1. The number of aromatic nitrogens is 2. The first kappa shape index (κ1) is 18.0. The van der Waals surface area contributed by atoms with E-state index in [0.29, 0.717) is 42.8 Å². The van der Waals surface area contributed by atoms with E-state index >= 15 is 0 Å². The number of benzene rings is 2. The van der Waals surface area contributed by atoms with Crippen LogP contribution in [-0.2, 0) is 4.74 Å². The van der Waals surface area contributed by atoms with E-state index in [-0.39, 0.29) is 11.7 Å². The van der Waals surface area contributed by atoms with E-state index < -0.39 is 0 Å². The third-order valence-corrected chi connectivity index (χ3v) is 5.93. The van der Waals surface area contributed by atoms with Gasteiger partial charge in [-0.2, -0.15) is 0 Å². The van der Waals surface area contributed by atoms with Crippen LogP contribution in [0.2, 0.25) is 0 Å². The normalized spacial score (nSPS) is 14.4. The number of rotatable bonds is 3. The second-order valence-corrected chi connectivity index (χ2v) is 7.84. The number of thiophene rings is 1. The lowest BCUT2D eigenvalue weighted by molar-refractivity contribution is 0.0306. The molecule has 3 heterocycles. The first-order chi connectivity index (χ1) is 14.2. The van der Waals surface area contributed by atoms with Crippen LogP contribution in [-0.4, -0.2) is 47.1 Å². The molecule has 6 nitrogen and oxygen atoms in total. The molecule has 1 aliphatic heterocycles. The predicted octanol–water partition coefficient (Wildman–Crippen LogP) is 4.20. The highest BCUT2D eigenvalue weighted by atomic mass is 32.1. The Balaban J connectivity index is 1.52. The van der Waals surface area contributed by atoms with E-state index in [1.165, 1.54) is 23.5 Å². The maximum absolute atomic E-state index is 13.4. The fourth-order valence-corrected chi connectivity index (χ4v) is 4.42. The molecule has 2 aromatic heterocycles. The molecule has 0 radical (unpaired) electrons. The van der Waals surface area contributed by atoms with Crippen LogP contribution in [0, 0.1) is 5.82 Å². The average molecular weight is 408 g/mol. The van der Waals surface area contributed by atoms with E-state index in [0.717, 1.165) is 21.0 Å². The predicted molar refractivity (Wildman–Crippen MR) is 111 cm³/mol. The van der Waals surface area contributed by atoms with Gasteiger partial charge in [-0.15, -0.1) is 11.3 Å². The Morgan fingerprint density at radius 3 is 2.86 bits per heavy atom. The van der Waals surface area contributed by atoms with Gasteiger partial charge in [0.25, 0.3) is 5.91 Å². The quantitative estimate of drug-likeness (QED) is 0.550. The van der Waals surface area contributed by atoms with Gasteiger partial charge in [0.15, 0.2) is 0 Å². The molecular formula is C21H17FN4O2S. The number of carbonyl (C=O) groups is 1. The van der Waals surface area contributed by atoms with Gasteiger partial charge < -0.3 is 15.0 Å². The summed E-state index contributed by atoms with van der Waals surface area (Å²) >= 11 is 1.46. The number of halogens is 1. The third kappa shape index (κ3) is 3.52. The minimum Gasteiger partial charge on any atom is -0.378 e. The van der Waals surface area contributed by atoms with E-state index in [9.17, 15) is 9.18 Å². The Hall–Kier alpha value is -3.10. The fraction of sp³-hybridized carbons (Fsp3) is 0.190. The first-order valence-corrected chi connectivity index (χ1v) is 10.1. The van der Waals surface area contributed by atoms with Crippen molar-refractivity contribution in [3.63, 3.8) is 0 Å². The summed E-state index contributed by atoms with van der Waals surface area (Å²) in [5, 5.41) is 4.83. The maximum Gasteiger partial charge on any atom is 0.264 e. The number of hydrogen-bond acceptors (Lipinski definition) is 6. The Bertz CT molecular complexity index is 1220. The molecule has 29 heavy (non-hydrogen) atoms. The zero-order chi connectivity index (χ0) is 19.8. The molecule has 0 atom stereocenters. The second-order valence-electron chi connectivity index (χ2n) is 6.76. The number of anilines is 2. The van der Waals surface area contributed by atoms with E-state index in [2.05, 4.69) is 15.3 Å². The molecule has 1 saturated heterocycles. The Morgan fingerprint density at radius 1 is 1.17 bits per heavy atom. The average Bonchev–Trinajstić information content (AvgIpc) is 3.19. The van der Waals surface area contributed by atoms with Crippen LogP contribution < -0.4 is 5.32 Å². The molecule has 0 unspecified atom stereocenters. The van der Waals surface area contributed by atoms with Gasteiger partial charge in [0, 0.05) is 40.4 Å². The van der Waals surface area contributed by atoms with Crippen molar-refractivity contribution in [2.75, 3.05) is 31.6 Å². The highest BCUT2D eigenvalue weighted by Gasteiger charge is 2.21. The minimum absolute atomic E-state index is 0.0230. The summed E-state index contributed by atoms with van der Waals surface area (Å²) in [5.41, 5.74) is 1.33. The molecule has 1 aliphatic rings. The molecule has 8 heteroatoms. The largest absolute Gasteiger partial charge is 0.378 e. The summed E-state index contributed by atoms with van der Waals surface area (Å²) in [5.74, 6) is 0.0694. The van der Waals surface area contributed by atoms with Crippen LogP contribution in [0.4, 0.5) is 16.0 Å². The molecule has 2 aromatic carbocycles. The zero-order valence-electron chi connectivity index (χ0n) is 15.4. The van der Waals surface area contributed by atoms with Crippen molar-refractivity contribution in [1.82, 2.24) is 14.9 Å². The number of nitrogens with one attached hydrogen (secondary N) is 1. The topological polar surface area (TPSA) is 67.4 Å². The maximum atomic E-state index is 13.4. The molecule has 4 aromatic rings. The van der Waals surface area contributed by atoms with Crippen molar-refractivity contribution >= 4 is 49.9 Å². The molecule has 146 valence electrons. The van der Waals surface area contributed by atoms with Crippen LogP contribution >= 0.6 is 11.3 Å². The second kappa shape index (κ2) is 7.38. The number of amides is 1. The fourth-order valence-electron chi connectivity index (χ4n) is 3.39. The van der Waals surface area contributed by atoms with Crippen LogP contribution in [0.25, 0.3) is 21.0 Å². The Labute approximate surface area is 170 Å². The summed E-state index contributed by atoms with van der Waals surface area (Å²) < 4.78 is 19.8. The van der Waals surface area contributed by atoms with Gasteiger partial charge >= 0.3 is 0 Å². The summed E-state index contributed by atoms with van der Waals surface area (Å²) in [6.07, 6.45) is 1.73. The number of nitrogens with zero attached hydrogens (tertiary/aromatic N) is 3. The molecule has 1 amide bonds. The molecule has 5 rings (SSSR count). The molecule has 0 aliphatic carbocycles. The molecule has 0 spiro atoms. The monoisotopic (exact) mass is 408 g/mol. The van der Waals surface area contributed by atoms with Crippen molar-refractivity contribution in [3.8, 4) is 0 Å². The zero-order valence-corrected chi connectivity index (χ0v) is 16.2. The van der Waals surface area contributed by atoms with Crippen molar-refractivity contribution in [2.24, 2.45) is 0 Å². The number of carbonyl (C=O) groups excluding carboxylic acids is 1. The lowest BCUT2D eigenvalue weighted by Gasteiger charge is -2.26. The highest BCUT2D eigenvalue weighted by molar-refractivity contribution is 7.21. The SMILES string of the molecule is O=C(c1cc2c(ccc3cnc(Nc4cccc(F)c4)nc32)s1)N1CCOCC1. The van der Waals surface area contributed by atoms with Crippen molar-refractivity contribution in [1.29, 1.82) is 0 Å². The molecule has 0 saturated carbocycles. The molecular weight excluding hydrogens is 391 g/mol. The summed E-state index contributed by atoms with van der Waals surface area (Å²) in [6, 6.07) is 12.0. The van der Waals surface area contributed by atoms with Gasteiger partial charge in [-0.1, -0.05) is 6.07 Å². The van der Waals surface area contributed by atoms with Gasteiger partial charge in [-0.3, -0.25) is 4.79 Å². The van der Waals surface area contributed by atoms with Gasteiger partial charge in [0.05, 0.1) is 23.6 Å². The summed E-state index contributed by atoms with van der Waals surface area (Å²) in [4.78, 5) is 24.3. The molecule has 1 N–H and O–H groups in total. The smallest absolute Gasteiger partial charge is 0.264 e. The summed E-state index contributed by atoms with van der Waals surface area (Å²) in [6.45, 7) is 2.36. The van der Waals surface area contributed by atoms with Crippen molar-refractivity contribution in [3.05, 3.63) is 59.4 Å². The first-order valence-electron chi connectivity index (χ1n) is 9.26. The summed E-state index contributed by atoms with van der Waals surface area (Å²) in [7, 11) is 0. The van der Waals surface area contributed by atoms with Crippen LogP contribution in [0.15, 0.2) is 48.7 Å². The number of ether oxygens (including phenoxy) is 1. The third-order valence-electron chi connectivity index (χ3n) is 4.84. The van der Waals surface area contributed by atoms with Gasteiger partial charge in [0.1, 0.15) is 5.82 Å². The van der Waals surface area contributed by atoms with E-state index in [1.54, 1.807) is 18.3 Å². The van der Waals surface area contributed by atoms with Gasteiger partial charge in [0.2, 0.25) is 5.95 Å². The number of fused-ring (bicyclic) bond motifs is 3. The Morgan fingerprint density at radius 2 is 2.03 bits per heavy atom. The van der Waals surface area contributed by atoms with Crippen LogP contribution in [0.3, 0.4) is 0 Å². The van der Waals surface area contributed by atoms with Gasteiger partial charge in [-0.05, 0) is 36.4 Å². The molecule has 1 fully saturated rings. The molecule has 0 bridgehead atoms. The van der Waals surface area contributed by atoms with E-state index in [4.69, 9.17) is 4.74 Å². The minimum atomic E-state index is -0.331. The van der Waals surface area contributed by atoms with Crippen LogP contribution in [0.1, 0.15) is 9.67 Å². The van der Waals surface area contributed by atoms with Crippen molar-refractivity contribution in [2.45, 2.75) is 0 Å².